The highest BCUT2D eigenvalue weighted by atomic mass is 35.5. The lowest BCUT2D eigenvalue weighted by Gasteiger charge is -2.36. The number of hydrogen-bond acceptors (Lipinski definition) is 6. The van der Waals surface area contributed by atoms with Gasteiger partial charge in [-0.25, -0.2) is 0 Å². The van der Waals surface area contributed by atoms with Gasteiger partial charge in [0.15, 0.2) is 0 Å². The van der Waals surface area contributed by atoms with Crippen molar-refractivity contribution < 1.29 is 19.1 Å². The quantitative estimate of drug-likeness (QED) is 0.217. The number of carbonyl (C=O) groups is 3. The number of anilines is 2. The first kappa shape index (κ1) is 33.8. The number of piperidine rings is 1. The Hall–Kier alpha value is -3.59. The molecule has 8 nitrogen and oxygen atoms in total. The first-order chi connectivity index (χ1) is 22.3. The fourth-order valence-electron chi connectivity index (χ4n) is 5.95. The molecule has 1 N–H and O–H groups in total. The SMILES string of the molecule is O=C(CCCC(=O)OCc1ccccc1)Nc1ccc(N2CCN(C(=O)Cc3c(Cl)cc(CN4CCCCC4)cc3Cl)CC2)cc1. The zero-order valence-corrected chi connectivity index (χ0v) is 27.7. The van der Waals surface area contributed by atoms with Gasteiger partial charge in [-0.2, -0.15) is 0 Å². The number of ether oxygens (including phenoxy) is 1. The highest BCUT2D eigenvalue weighted by Gasteiger charge is 2.23. The minimum atomic E-state index is -0.312. The number of carbonyl (C=O) groups excluding carboxylic acids is 3. The van der Waals surface area contributed by atoms with Gasteiger partial charge in [-0.15, -0.1) is 0 Å². The molecule has 0 unspecified atom stereocenters. The lowest BCUT2D eigenvalue weighted by Crippen LogP contribution is -2.49. The molecule has 3 aromatic carbocycles. The largest absolute Gasteiger partial charge is 0.461 e. The standard InChI is InChI=1S/C36H42Cl2N4O4/c37-32-22-28(25-40-16-5-2-6-17-40)23-33(38)31(32)24-35(44)42-20-18-41(19-21-42)30-14-12-29(13-15-30)39-34(43)10-7-11-36(45)46-26-27-8-3-1-4-9-27/h1,3-4,8-9,12-15,22-23H,2,5-7,10-11,16-21,24-26H2,(H,39,43). The maximum Gasteiger partial charge on any atom is 0.306 e. The van der Waals surface area contributed by atoms with Crippen molar-refractivity contribution in [1.82, 2.24) is 9.80 Å². The molecule has 0 saturated carbocycles. The molecule has 2 fully saturated rings. The predicted molar refractivity (Wildman–Crippen MR) is 183 cm³/mol. The van der Waals surface area contributed by atoms with Crippen LogP contribution in [-0.4, -0.2) is 66.9 Å². The van der Waals surface area contributed by atoms with Crippen LogP contribution in [0.3, 0.4) is 0 Å². The Labute approximate surface area is 281 Å². The highest BCUT2D eigenvalue weighted by Crippen LogP contribution is 2.29. The number of esters is 1. The van der Waals surface area contributed by atoms with Crippen LogP contribution in [0.4, 0.5) is 11.4 Å². The minimum Gasteiger partial charge on any atom is -0.461 e. The second-order valence-corrected chi connectivity index (χ2v) is 12.8. The Kier molecular flexibility index (Phi) is 12.3. The van der Waals surface area contributed by atoms with E-state index in [4.69, 9.17) is 27.9 Å². The number of nitrogens with zero attached hydrogens (tertiary/aromatic N) is 3. The number of likely N-dealkylation sites (tertiary alicyclic amines) is 1. The van der Waals surface area contributed by atoms with Gasteiger partial charge in [0.2, 0.25) is 11.8 Å². The van der Waals surface area contributed by atoms with Crippen molar-refractivity contribution in [3.8, 4) is 0 Å². The van der Waals surface area contributed by atoms with E-state index in [0.29, 0.717) is 53.9 Å². The second-order valence-electron chi connectivity index (χ2n) is 12.0. The first-order valence-electron chi connectivity index (χ1n) is 16.2. The van der Waals surface area contributed by atoms with Gasteiger partial charge in [-0.1, -0.05) is 60.0 Å². The average Bonchev–Trinajstić information content (AvgIpc) is 3.07. The van der Waals surface area contributed by atoms with E-state index in [0.717, 1.165) is 36.4 Å². The summed E-state index contributed by atoms with van der Waals surface area (Å²) in [5, 5.41) is 4.01. The molecular formula is C36H42Cl2N4O4. The molecule has 0 spiro atoms. The van der Waals surface area contributed by atoms with Crippen LogP contribution in [-0.2, 0) is 38.7 Å². The van der Waals surface area contributed by atoms with Crippen molar-refractivity contribution in [1.29, 1.82) is 0 Å². The van der Waals surface area contributed by atoms with Crippen molar-refractivity contribution in [3.63, 3.8) is 0 Å². The normalized spacial score (nSPS) is 15.4. The topological polar surface area (TPSA) is 82.2 Å². The third kappa shape index (κ3) is 9.95. The monoisotopic (exact) mass is 664 g/mol. The van der Waals surface area contributed by atoms with Gasteiger partial charge in [-0.3, -0.25) is 19.3 Å². The summed E-state index contributed by atoms with van der Waals surface area (Å²) in [6.45, 7) is 5.87. The Balaban J connectivity index is 1.02. The van der Waals surface area contributed by atoms with Crippen LogP contribution in [0.25, 0.3) is 0 Å². The van der Waals surface area contributed by atoms with Crippen LogP contribution in [0.1, 0.15) is 55.2 Å². The van der Waals surface area contributed by atoms with Crippen molar-refractivity contribution >= 4 is 52.4 Å². The van der Waals surface area contributed by atoms with E-state index >= 15 is 0 Å². The summed E-state index contributed by atoms with van der Waals surface area (Å²) >= 11 is 13.2. The van der Waals surface area contributed by atoms with Crippen LogP contribution < -0.4 is 10.2 Å². The number of amides is 2. The number of benzene rings is 3. The van der Waals surface area contributed by atoms with Gasteiger partial charge in [0.1, 0.15) is 6.61 Å². The molecule has 10 heteroatoms. The van der Waals surface area contributed by atoms with E-state index in [1.54, 1.807) is 0 Å². The van der Waals surface area contributed by atoms with Gasteiger partial charge >= 0.3 is 5.97 Å². The van der Waals surface area contributed by atoms with Crippen LogP contribution in [0.2, 0.25) is 10.0 Å². The maximum atomic E-state index is 13.2. The van der Waals surface area contributed by atoms with Gasteiger partial charge in [-0.05, 0) is 85.4 Å². The summed E-state index contributed by atoms with van der Waals surface area (Å²) in [5.41, 5.74) is 4.44. The van der Waals surface area contributed by atoms with Gasteiger partial charge in [0.05, 0.1) is 6.42 Å². The van der Waals surface area contributed by atoms with Crippen molar-refractivity contribution in [3.05, 3.63) is 93.5 Å². The Morgan fingerprint density at radius 2 is 1.43 bits per heavy atom. The molecule has 46 heavy (non-hydrogen) atoms. The summed E-state index contributed by atoms with van der Waals surface area (Å²) in [6.07, 6.45) is 4.77. The molecular weight excluding hydrogens is 623 g/mol. The molecule has 0 atom stereocenters. The van der Waals surface area contributed by atoms with Crippen molar-refractivity contribution in [2.75, 3.05) is 49.5 Å². The van der Waals surface area contributed by atoms with E-state index in [1.807, 2.05) is 71.6 Å². The van der Waals surface area contributed by atoms with Crippen LogP contribution in [0.5, 0.6) is 0 Å². The highest BCUT2D eigenvalue weighted by molar-refractivity contribution is 6.36. The fraction of sp³-hybridized carbons (Fsp3) is 0.417. The molecule has 2 saturated heterocycles. The summed E-state index contributed by atoms with van der Waals surface area (Å²) in [6, 6.07) is 21.1. The summed E-state index contributed by atoms with van der Waals surface area (Å²) in [4.78, 5) is 44.1. The Bertz CT molecular complexity index is 1450. The molecule has 244 valence electrons. The minimum absolute atomic E-state index is 0.0229. The second kappa shape index (κ2) is 16.8. The molecule has 2 aliphatic heterocycles. The van der Waals surface area contributed by atoms with Crippen molar-refractivity contribution in [2.45, 2.75) is 58.1 Å². The molecule has 2 aliphatic rings. The summed E-state index contributed by atoms with van der Waals surface area (Å²) in [5.74, 6) is -0.435. The van der Waals surface area contributed by atoms with E-state index in [9.17, 15) is 14.4 Å². The summed E-state index contributed by atoms with van der Waals surface area (Å²) in [7, 11) is 0. The molecule has 2 heterocycles. The van der Waals surface area contributed by atoms with Crippen molar-refractivity contribution in [2.24, 2.45) is 0 Å². The average molecular weight is 666 g/mol. The van der Waals surface area contributed by atoms with Crippen LogP contribution >= 0.6 is 23.2 Å². The Morgan fingerprint density at radius 1 is 0.761 bits per heavy atom. The first-order valence-corrected chi connectivity index (χ1v) is 16.9. The number of halogens is 2. The van der Waals surface area contributed by atoms with Crippen LogP contribution in [0, 0.1) is 0 Å². The zero-order valence-electron chi connectivity index (χ0n) is 26.2. The number of hydrogen-bond donors (Lipinski definition) is 1. The third-order valence-corrected chi connectivity index (χ3v) is 9.23. The van der Waals surface area contributed by atoms with Gasteiger partial charge < -0.3 is 19.9 Å². The fourth-order valence-corrected chi connectivity index (χ4v) is 6.62. The van der Waals surface area contributed by atoms with Crippen LogP contribution in [0.15, 0.2) is 66.7 Å². The lowest BCUT2D eigenvalue weighted by molar-refractivity contribution is -0.145. The molecule has 2 amide bonds. The number of piperazine rings is 1. The Morgan fingerprint density at radius 3 is 2.11 bits per heavy atom. The number of rotatable bonds is 12. The third-order valence-electron chi connectivity index (χ3n) is 8.56. The predicted octanol–water partition coefficient (Wildman–Crippen LogP) is 6.72. The molecule has 0 radical (unpaired) electrons. The molecule has 5 rings (SSSR count). The smallest absolute Gasteiger partial charge is 0.306 e. The molecule has 3 aromatic rings. The molecule has 0 bridgehead atoms. The lowest BCUT2D eigenvalue weighted by atomic mass is 10.1. The molecule has 0 aromatic heterocycles. The maximum absolute atomic E-state index is 13.2. The van der Waals surface area contributed by atoms with E-state index < -0.39 is 0 Å². The van der Waals surface area contributed by atoms with E-state index in [2.05, 4.69) is 15.1 Å². The summed E-state index contributed by atoms with van der Waals surface area (Å²) < 4.78 is 5.27. The van der Waals surface area contributed by atoms with Gasteiger partial charge in [0, 0.05) is 67.0 Å². The van der Waals surface area contributed by atoms with E-state index in [1.165, 1.54) is 19.3 Å². The zero-order chi connectivity index (χ0) is 32.3. The molecule has 0 aliphatic carbocycles. The van der Waals surface area contributed by atoms with E-state index in [-0.39, 0.29) is 43.7 Å². The van der Waals surface area contributed by atoms with Gasteiger partial charge in [0.25, 0.3) is 0 Å². The number of nitrogens with one attached hydrogen (secondary N) is 1.